The monoisotopic (exact) mass is 251 g/mol. The molecule has 18 heavy (non-hydrogen) atoms. The number of nitrogens with zero attached hydrogens (tertiary/aromatic N) is 2. The van der Waals surface area contributed by atoms with Gasteiger partial charge in [-0.25, -0.2) is 0 Å². The lowest BCUT2D eigenvalue weighted by molar-refractivity contribution is 0.0557. The molecule has 3 aliphatic rings. The lowest BCUT2D eigenvalue weighted by Gasteiger charge is -2.44. The van der Waals surface area contributed by atoms with E-state index in [0.29, 0.717) is 0 Å². The molecule has 0 bridgehead atoms. The molecular weight excluding hydrogens is 222 g/mol. The summed E-state index contributed by atoms with van der Waals surface area (Å²) >= 11 is 0. The highest BCUT2D eigenvalue weighted by Crippen LogP contribution is 2.31. The quantitative estimate of drug-likeness (QED) is 0.828. The Balaban J connectivity index is 1.54. The van der Waals surface area contributed by atoms with Gasteiger partial charge in [-0.3, -0.25) is 0 Å². The van der Waals surface area contributed by atoms with Crippen LogP contribution in [0.3, 0.4) is 0 Å². The van der Waals surface area contributed by atoms with Gasteiger partial charge in [-0.2, -0.15) is 0 Å². The van der Waals surface area contributed by atoms with Crippen LogP contribution in [-0.4, -0.2) is 54.6 Å². The van der Waals surface area contributed by atoms with Crippen LogP contribution in [0.5, 0.6) is 0 Å². The van der Waals surface area contributed by atoms with E-state index in [2.05, 4.69) is 9.80 Å². The molecule has 0 aromatic carbocycles. The summed E-state index contributed by atoms with van der Waals surface area (Å²) < 4.78 is 0. The van der Waals surface area contributed by atoms with Crippen molar-refractivity contribution in [1.82, 2.24) is 9.80 Å². The van der Waals surface area contributed by atoms with Crippen molar-refractivity contribution in [3.8, 4) is 0 Å². The molecule has 0 aromatic heterocycles. The second-order valence-electron chi connectivity index (χ2n) is 6.59. The van der Waals surface area contributed by atoms with Crippen molar-refractivity contribution in [3.05, 3.63) is 0 Å². The van der Waals surface area contributed by atoms with Crippen LogP contribution in [0.15, 0.2) is 0 Å². The van der Waals surface area contributed by atoms with Crippen LogP contribution in [0.4, 0.5) is 0 Å². The standard InChI is InChI=1S/C15H29N3/c16-7-5-13-3-1-9-18(12-13)15-6-10-17-8-2-4-14(17)11-15/h13-15H,1-12,16H2. The third-order valence-electron chi connectivity index (χ3n) is 5.43. The minimum atomic E-state index is 0.875. The topological polar surface area (TPSA) is 32.5 Å². The maximum absolute atomic E-state index is 5.73. The van der Waals surface area contributed by atoms with Crippen molar-refractivity contribution in [2.45, 2.75) is 57.0 Å². The van der Waals surface area contributed by atoms with Crippen LogP contribution < -0.4 is 5.73 Å². The van der Waals surface area contributed by atoms with Crippen LogP contribution in [0.25, 0.3) is 0 Å². The maximum Gasteiger partial charge on any atom is 0.0122 e. The minimum absolute atomic E-state index is 0.875. The Kier molecular flexibility index (Phi) is 4.22. The Morgan fingerprint density at radius 1 is 0.889 bits per heavy atom. The van der Waals surface area contributed by atoms with Gasteiger partial charge in [0.25, 0.3) is 0 Å². The highest BCUT2D eigenvalue weighted by atomic mass is 15.2. The molecule has 0 aliphatic carbocycles. The summed E-state index contributed by atoms with van der Waals surface area (Å²) in [6.45, 7) is 6.27. The van der Waals surface area contributed by atoms with E-state index in [4.69, 9.17) is 5.73 Å². The average Bonchev–Trinajstić information content (AvgIpc) is 2.86. The van der Waals surface area contributed by atoms with E-state index in [1.165, 1.54) is 71.1 Å². The molecule has 3 rings (SSSR count). The first kappa shape index (κ1) is 12.9. The molecule has 3 atom stereocenters. The molecule has 3 aliphatic heterocycles. The molecule has 0 aromatic rings. The summed E-state index contributed by atoms with van der Waals surface area (Å²) in [5, 5.41) is 0. The zero-order valence-corrected chi connectivity index (χ0v) is 11.7. The molecule has 3 saturated heterocycles. The number of rotatable bonds is 3. The number of nitrogens with two attached hydrogens (primary N) is 1. The number of hydrogen-bond donors (Lipinski definition) is 1. The third-order valence-corrected chi connectivity index (χ3v) is 5.43. The number of fused-ring (bicyclic) bond motifs is 1. The van der Waals surface area contributed by atoms with Crippen molar-refractivity contribution in [2.24, 2.45) is 11.7 Å². The molecule has 3 unspecified atom stereocenters. The molecule has 0 spiro atoms. The van der Waals surface area contributed by atoms with E-state index in [-0.39, 0.29) is 0 Å². The fourth-order valence-corrected chi connectivity index (χ4v) is 4.44. The number of likely N-dealkylation sites (tertiary alicyclic amines) is 1. The van der Waals surface area contributed by atoms with E-state index in [0.717, 1.165) is 24.5 Å². The largest absolute Gasteiger partial charge is 0.330 e. The Bertz CT molecular complexity index is 266. The van der Waals surface area contributed by atoms with E-state index in [1.54, 1.807) is 0 Å². The molecule has 0 amide bonds. The van der Waals surface area contributed by atoms with Gasteiger partial charge in [0.1, 0.15) is 0 Å². The summed E-state index contributed by atoms with van der Waals surface area (Å²) in [7, 11) is 0. The molecule has 3 heterocycles. The summed E-state index contributed by atoms with van der Waals surface area (Å²) in [4.78, 5) is 5.54. The first-order valence-electron chi connectivity index (χ1n) is 8.05. The second-order valence-corrected chi connectivity index (χ2v) is 6.59. The fourth-order valence-electron chi connectivity index (χ4n) is 4.44. The molecule has 3 fully saturated rings. The lowest BCUT2D eigenvalue weighted by atomic mass is 9.90. The van der Waals surface area contributed by atoms with Gasteiger partial charge < -0.3 is 15.5 Å². The van der Waals surface area contributed by atoms with Crippen LogP contribution in [-0.2, 0) is 0 Å². The van der Waals surface area contributed by atoms with E-state index in [1.807, 2.05) is 0 Å². The second kappa shape index (κ2) is 5.89. The van der Waals surface area contributed by atoms with E-state index < -0.39 is 0 Å². The van der Waals surface area contributed by atoms with Gasteiger partial charge in [0, 0.05) is 18.6 Å². The van der Waals surface area contributed by atoms with Gasteiger partial charge >= 0.3 is 0 Å². The van der Waals surface area contributed by atoms with Crippen LogP contribution in [0.2, 0.25) is 0 Å². The Hall–Kier alpha value is -0.120. The van der Waals surface area contributed by atoms with Crippen LogP contribution in [0.1, 0.15) is 44.9 Å². The van der Waals surface area contributed by atoms with Gasteiger partial charge in [0.2, 0.25) is 0 Å². The summed E-state index contributed by atoms with van der Waals surface area (Å²) in [5.74, 6) is 0.880. The van der Waals surface area contributed by atoms with Gasteiger partial charge in [0.05, 0.1) is 0 Å². The third kappa shape index (κ3) is 2.73. The summed E-state index contributed by atoms with van der Waals surface area (Å²) in [6, 6.07) is 1.79. The van der Waals surface area contributed by atoms with E-state index in [9.17, 15) is 0 Å². The average molecular weight is 251 g/mol. The number of piperidine rings is 2. The first-order valence-corrected chi connectivity index (χ1v) is 8.05. The van der Waals surface area contributed by atoms with Crippen LogP contribution in [0, 0.1) is 5.92 Å². The SMILES string of the molecule is NCCC1CCCN(C2CCN3CCCC3C2)C1. The fraction of sp³-hybridized carbons (Fsp3) is 1.00. The highest BCUT2D eigenvalue weighted by Gasteiger charge is 2.35. The smallest absolute Gasteiger partial charge is 0.0122 e. The van der Waals surface area contributed by atoms with Crippen LogP contribution >= 0.6 is 0 Å². The van der Waals surface area contributed by atoms with Crippen molar-refractivity contribution < 1.29 is 0 Å². The summed E-state index contributed by atoms with van der Waals surface area (Å²) in [5.41, 5.74) is 5.73. The highest BCUT2D eigenvalue weighted by molar-refractivity contribution is 4.91. The molecule has 0 radical (unpaired) electrons. The zero-order chi connectivity index (χ0) is 12.4. The maximum atomic E-state index is 5.73. The van der Waals surface area contributed by atoms with Gasteiger partial charge in [-0.15, -0.1) is 0 Å². The van der Waals surface area contributed by atoms with Gasteiger partial charge in [-0.05, 0) is 77.0 Å². The minimum Gasteiger partial charge on any atom is -0.330 e. The van der Waals surface area contributed by atoms with Gasteiger partial charge in [0.15, 0.2) is 0 Å². The summed E-state index contributed by atoms with van der Waals surface area (Å²) in [6.07, 6.45) is 9.79. The van der Waals surface area contributed by atoms with Gasteiger partial charge in [-0.1, -0.05) is 0 Å². The molecule has 0 saturated carbocycles. The zero-order valence-electron chi connectivity index (χ0n) is 11.7. The Morgan fingerprint density at radius 2 is 1.67 bits per heavy atom. The molecule has 3 nitrogen and oxygen atoms in total. The van der Waals surface area contributed by atoms with Crippen molar-refractivity contribution in [1.29, 1.82) is 0 Å². The Labute approximate surface area is 112 Å². The lowest BCUT2D eigenvalue weighted by Crippen LogP contribution is -2.50. The number of hydrogen-bond acceptors (Lipinski definition) is 3. The predicted octanol–water partition coefficient (Wildman–Crippen LogP) is 1.67. The van der Waals surface area contributed by atoms with Crippen molar-refractivity contribution >= 4 is 0 Å². The van der Waals surface area contributed by atoms with Crippen molar-refractivity contribution in [3.63, 3.8) is 0 Å². The molecule has 3 heteroatoms. The predicted molar refractivity (Wildman–Crippen MR) is 75.6 cm³/mol. The molecule has 2 N–H and O–H groups in total. The van der Waals surface area contributed by atoms with E-state index >= 15 is 0 Å². The Morgan fingerprint density at radius 3 is 2.56 bits per heavy atom. The normalized spacial score (nSPS) is 38.8. The molecule has 104 valence electrons. The first-order chi connectivity index (χ1) is 8.86. The molecular formula is C15H29N3. The van der Waals surface area contributed by atoms with Crippen molar-refractivity contribution in [2.75, 3.05) is 32.7 Å².